The summed E-state index contributed by atoms with van der Waals surface area (Å²) in [7, 11) is 0. The number of carboxylic acids is 1. The molecule has 1 amide bonds. The van der Waals surface area contributed by atoms with Gasteiger partial charge in [-0.15, -0.1) is 10.2 Å². The van der Waals surface area contributed by atoms with Crippen molar-refractivity contribution in [2.45, 2.75) is 37.9 Å². The van der Waals surface area contributed by atoms with Crippen LogP contribution in [0.15, 0.2) is 11.5 Å². The second kappa shape index (κ2) is 6.93. The number of hydrogen-bond donors (Lipinski definition) is 1. The molecule has 2 rings (SSSR count). The SMILES string of the molecule is CC(C)n1cnnc1SCC(=O)N1CCC[C@H](C(=O)O)C1. The number of piperidine rings is 1. The van der Waals surface area contributed by atoms with E-state index in [9.17, 15) is 9.59 Å². The highest BCUT2D eigenvalue weighted by Gasteiger charge is 2.28. The molecule has 1 aromatic rings. The molecule has 2 heterocycles. The average Bonchev–Trinajstić information content (AvgIpc) is 2.93. The molecule has 116 valence electrons. The van der Waals surface area contributed by atoms with Crippen LogP contribution in [0.25, 0.3) is 0 Å². The van der Waals surface area contributed by atoms with Crippen LogP contribution in [0.5, 0.6) is 0 Å². The molecule has 1 atom stereocenters. The lowest BCUT2D eigenvalue weighted by Gasteiger charge is -2.30. The van der Waals surface area contributed by atoms with Crippen LogP contribution >= 0.6 is 11.8 Å². The average molecular weight is 312 g/mol. The van der Waals surface area contributed by atoms with Crippen molar-refractivity contribution in [1.82, 2.24) is 19.7 Å². The molecule has 0 unspecified atom stereocenters. The molecule has 1 aliphatic rings. The van der Waals surface area contributed by atoms with Crippen molar-refractivity contribution in [2.24, 2.45) is 5.92 Å². The normalized spacial score (nSPS) is 19.0. The van der Waals surface area contributed by atoms with Crippen molar-refractivity contribution in [3.8, 4) is 0 Å². The zero-order valence-corrected chi connectivity index (χ0v) is 13.0. The molecule has 0 aliphatic carbocycles. The molecule has 0 aromatic carbocycles. The summed E-state index contributed by atoms with van der Waals surface area (Å²) in [6, 6.07) is 0.240. The van der Waals surface area contributed by atoms with Gasteiger partial charge >= 0.3 is 5.97 Å². The standard InChI is InChI=1S/C13H20N4O3S/c1-9(2)17-8-14-15-13(17)21-7-11(18)16-5-3-4-10(6-16)12(19)20/h8-10H,3-7H2,1-2H3,(H,19,20)/t10-/m0/s1. The molecule has 0 bridgehead atoms. The van der Waals surface area contributed by atoms with Gasteiger partial charge in [0.25, 0.3) is 0 Å². The smallest absolute Gasteiger partial charge is 0.308 e. The van der Waals surface area contributed by atoms with Gasteiger partial charge in [-0.1, -0.05) is 11.8 Å². The molecule has 8 heteroatoms. The van der Waals surface area contributed by atoms with Crippen molar-refractivity contribution in [1.29, 1.82) is 0 Å². The first-order valence-corrected chi connectivity index (χ1v) is 8.00. The summed E-state index contributed by atoms with van der Waals surface area (Å²) in [6.45, 7) is 5.00. The van der Waals surface area contributed by atoms with Crippen LogP contribution in [-0.2, 0) is 9.59 Å². The highest BCUT2D eigenvalue weighted by atomic mass is 32.2. The fourth-order valence-electron chi connectivity index (χ4n) is 2.31. The van der Waals surface area contributed by atoms with E-state index in [0.29, 0.717) is 24.7 Å². The van der Waals surface area contributed by atoms with E-state index in [1.807, 2.05) is 18.4 Å². The number of rotatable bonds is 5. The maximum atomic E-state index is 12.2. The van der Waals surface area contributed by atoms with Crippen LogP contribution in [0, 0.1) is 5.92 Å². The number of amides is 1. The monoisotopic (exact) mass is 312 g/mol. The highest BCUT2D eigenvalue weighted by Crippen LogP contribution is 2.21. The van der Waals surface area contributed by atoms with Gasteiger partial charge in [0.05, 0.1) is 11.7 Å². The van der Waals surface area contributed by atoms with E-state index in [1.54, 1.807) is 11.2 Å². The zero-order valence-electron chi connectivity index (χ0n) is 12.2. The molecular formula is C13H20N4O3S. The number of aliphatic carboxylic acids is 1. The van der Waals surface area contributed by atoms with Gasteiger partial charge in [-0.2, -0.15) is 0 Å². The Labute approximate surface area is 127 Å². The quantitative estimate of drug-likeness (QED) is 0.824. The first-order valence-electron chi connectivity index (χ1n) is 7.02. The van der Waals surface area contributed by atoms with E-state index in [1.165, 1.54) is 11.8 Å². The lowest BCUT2D eigenvalue weighted by Crippen LogP contribution is -2.43. The molecular weight excluding hydrogens is 292 g/mol. The number of nitrogens with zero attached hydrogens (tertiary/aromatic N) is 4. The molecule has 0 spiro atoms. The predicted octanol–water partition coefficient (Wildman–Crippen LogP) is 1.27. The summed E-state index contributed by atoms with van der Waals surface area (Å²) in [5.74, 6) is -1.03. The largest absolute Gasteiger partial charge is 0.481 e. The summed E-state index contributed by atoms with van der Waals surface area (Å²) in [4.78, 5) is 24.9. The van der Waals surface area contributed by atoms with Crippen molar-refractivity contribution >= 4 is 23.6 Å². The lowest BCUT2D eigenvalue weighted by molar-refractivity contribution is -0.145. The van der Waals surface area contributed by atoms with E-state index >= 15 is 0 Å². The van der Waals surface area contributed by atoms with E-state index in [-0.39, 0.29) is 17.7 Å². The van der Waals surface area contributed by atoms with Gasteiger partial charge in [0.1, 0.15) is 6.33 Å². The number of aromatic nitrogens is 3. The Morgan fingerprint density at radius 1 is 1.52 bits per heavy atom. The lowest BCUT2D eigenvalue weighted by atomic mass is 9.98. The van der Waals surface area contributed by atoms with Crippen LogP contribution in [0.3, 0.4) is 0 Å². The minimum Gasteiger partial charge on any atom is -0.481 e. The minimum absolute atomic E-state index is 0.0377. The molecule has 7 nitrogen and oxygen atoms in total. The van der Waals surface area contributed by atoms with Crippen molar-refractivity contribution in [3.63, 3.8) is 0 Å². The molecule has 1 N–H and O–H groups in total. The van der Waals surface area contributed by atoms with Gasteiger partial charge in [-0.3, -0.25) is 9.59 Å². The van der Waals surface area contributed by atoms with E-state index in [0.717, 1.165) is 6.42 Å². The molecule has 1 aromatic heterocycles. The van der Waals surface area contributed by atoms with E-state index < -0.39 is 11.9 Å². The van der Waals surface area contributed by atoms with Crippen LogP contribution in [0.2, 0.25) is 0 Å². The number of likely N-dealkylation sites (tertiary alicyclic amines) is 1. The number of carbonyl (C=O) groups excluding carboxylic acids is 1. The zero-order chi connectivity index (χ0) is 15.4. The first-order chi connectivity index (χ1) is 9.99. The second-order valence-corrected chi connectivity index (χ2v) is 6.36. The van der Waals surface area contributed by atoms with E-state index in [2.05, 4.69) is 10.2 Å². The summed E-state index contributed by atoms with van der Waals surface area (Å²) in [5.41, 5.74) is 0. The summed E-state index contributed by atoms with van der Waals surface area (Å²) in [6.07, 6.45) is 3.04. The number of carbonyl (C=O) groups is 2. The van der Waals surface area contributed by atoms with Crippen LogP contribution in [0.1, 0.15) is 32.7 Å². The van der Waals surface area contributed by atoms with Crippen LogP contribution in [-0.4, -0.2) is 55.5 Å². The van der Waals surface area contributed by atoms with Gasteiger partial charge in [0.15, 0.2) is 5.16 Å². The minimum atomic E-state index is -0.820. The topological polar surface area (TPSA) is 88.3 Å². The summed E-state index contributed by atoms with van der Waals surface area (Å²) < 4.78 is 1.91. The van der Waals surface area contributed by atoms with Gasteiger partial charge < -0.3 is 14.6 Å². The number of thioether (sulfide) groups is 1. The fraction of sp³-hybridized carbons (Fsp3) is 0.692. The van der Waals surface area contributed by atoms with Gasteiger partial charge in [-0.25, -0.2) is 0 Å². The number of hydrogen-bond acceptors (Lipinski definition) is 5. The Hall–Kier alpha value is -1.57. The predicted molar refractivity (Wildman–Crippen MR) is 78.1 cm³/mol. The third-order valence-electron chi connectivity index (χ3n) is 3.54. The Morgan fingerprint density at radius 3 is 2.95 bits per heavy atom. The molecule has 0 radical (unpaired) electrons. The maximum Gasteiger partial charge on any atom is 0.308 e. The molecule has 1 fully saturated rings. The van der Waals surface area contributed by atoms with Crippen molar-refractivity contribution < 1.29 is 14.7 Å². The van der Waals surface area contributed by atoms with Gasteiger partial charge in [0.2, 0.25) is 5.91 Å². The van der Waals surface area contributed by atoms with E-state index in [4.69, 9.17) is 5.11 Å². The van der Waals surface area contributed by atoms with Crippen LogP contribution < -0.4 is 0 Å². The molecule has 0 saturated carbocycles. The second-order valence-electron chi connectivity index (χ2n) is 5.42. The van der Waals surface area contributed by atoms with Crippen molar-refractivity contribution in [3.05, 3.63) is 6.33 Å². The summed E-state index contributed by atoms with van der Waals surface area (Å²) in [5, 5.41) is 17.6. The molecule has 21 heavy (non-hydrogen) atoms. The molecule has 1 aliphatic heterocycles. The summed E-state index contributed by atoms with van der Waals surface area (Å²) >= 11 is 1.34. The third-order valence-corrected chi connectivity index (χ3v) is 4.49. The maximum absolute atomic E-state index is 12.2. The molecule has 1 saturated heterocycles. The first kappa shape index (κ1) is 15.8. The Kier molecular flexibility index (Phi) is 5.22. The van der Waals surface area contributed by atoms with Crippen molar-refractivity contribution in [2.75, 3.05) is 18.8 Å². The third kappa shape index (κ3) is 3.96. The highest BCUT2D eigenvalue weighted by molar-refractivity contribution is 7.99. The van der Waals surface area contributed by atoms with Gasteiger partial charge in [-0.05, 0) is 26.7 Å². The Bertz CT molecular complexity index is 517. The Morgan fingerprint density at radius 2 is 2.29 bits per heavy atom. The van der Waals surface area contributed by atoms with Crippen LogP contribution in [0.4, 0.5) is 0 Å². The Balaban J connectivity index is 1.89. The fourth-order valence-corrected chi connectivity index (χ4v) is 3.26. The van der Waals surface area contributed by atoms with Gasteiger partial charge in [0, 0.05) is 19.1 Å². The number of carboxylic acid groups (broad SMARTS) is 1.